The first-order valence-electron chi connectivity index (χ1n) is 3.52. The zero-order valence-electron chi connectivity index (χ0n) is 6.52. The van der Waals surface area contributed by atoms with E-state index in [9.17, 15) is 4.79 Å². The maximum atomic E-state index is 9.66. The molecule has 0 rings (SSSR count). The second kappa shape index (κ2) is 6.33. The van der Waals surface area contributed by atoms with Gasteiger partial charge in [0.25, 0.3) is 0 Å². The summed E-state index contributed by atoms with van der Waals surface area (Å²) >= 11 is 0. The molecule has 1 radical (unpaired) electrons. The molecule has 0 atom stereocenters. The Kier molecular flexibility index (Phi) is 5.83. The third-order valence-corrected chi connectivity index (χ3v) is 1.19. The summed E-state index contributed by atoms with van der Waals surface area (Å²) in [6.07, 6.45) is 5.17. The van der Waals surface area contributed by atoms with Crippen molar-refractivity contribution in [1.82, 2.24) is 0 Å². The highest BCUT2D eigenvalue weighted by Gasteiger charge is 1.86. The van der Waals surface area contributed by atoms with Gasteiger partial charge in [-0.25, -0.2) is 4.79 Å². The number of allylic oxidation sites excluding steroid dienone is 2. The van der Waals surface area contributed by atoms with Crippen LogP contribution in [0.3, 0.4) is 0 Å². The fourth-order valence-corrected chi connectivity index (χ4v) is 0.617. The van der Waals surface area contributed by atoms with Crippen LogP contribution in [0.1, 0.15) is 33.1 Å². The van der Waals surface area contributed by atoms with Crippen molar-refractivity contribution in [2.45, 2.75) is 33.1 Å². The highest BCUT2D eigenvalue weighted by molar-refractivity contribution is 5.40. The van der Waals surface area contributed by atoms with E-state index in [0.29, 0.717) is 5.76 Å². The summed E-state index contributed by atoms with van der Waals surface area (Å²) in [5, 5.41) is 0. The average Bonchev–Trinajstić information content (AvgIpc) is 1.89. The lowest BCUT2D eigenvalue weighted by Crippen LogP contribution is -1.83. The molecular weight excluding hydrogens is 128 g/mol. The van der Waals surface area contributed by atoms with E-state index in [1.165, 1.54) is 6.47 Å². The molecular formula is C8H13O2. The van der Waals surface area contributed by atoms with Gasteiger partial charge in [-0.05, 0) is 25.8 Å². The molecule has 0 aliphatic rings. The number of carbonyl (C=O) groups excluding carboxylic acids is 1. The number of rotatable bonds is 5. The maximum absolute atomic E-state index is 9.66. The molecule has 0 aromatic carbocycles. The predicted octanol–water partition coefficient (Wildman–Crippen LogP) is 2.16. The SMILES string of the molecule is CCCC/C=C(\C)O[C]=O. The summed E-state index contributed by atoms with van der Waals surface area (Å²) in [5.41, 5.74) is 0. The lowest BCUT2D eigenvalue weighted by molar-refractivity contribution is 0.362. The minimum atomic E-state index is 0.642. The standard InChI is InChI=1S/C8H13O2/c1-3-4-5-6-8(2)10-7-9/h6H,3-5H2,1-2H3/b8-6+. The van der Waals surface area contributed by atoms with E-state index in [-0.39, 0.29) is 0 Å². The second-order valence-electron chi connectivity index (χ2n) is 2.14. The topological polar surface area (TPSA) is 26.3 Å². The molecule has 0 unspecified atom stereocenters. The van der Waals surface area contributed by atoms with Crippen molar-refractivity contribution in [3.05, 3.63) is 11.8 Å². The van der Waals surface area contributed by atoms with Crippen LogP contribution in [0.2, 0.25) is 0 Å². The molecule has 0 bridgehead atoms. The average molecular weight is 141 g/mol. The Bertz CT molecular complexity index is 116. The smallest absolute Gasteiger partial charge is 0.422 e. The highest BCUT2D eigenvalue weighted by Crippen LogP contribution is 2.00. The van der Waals surface area contributed by atoms with Crippen molar-refractivity contribution in [3.63, 3.8) is 0 Å². The van der Waals surface area contributed by atoms with Gasteiger partial charge in [-0.15, -0.1) is 0 Å². The molecule has 0 spiro atoms. The van der Waals surface area contributed by atoms with Crippen molar-refractivity contribution >= 4 is 6.47 Å². The molecule has 0 heterocycles. The van der Waals surface area contributed by atoms with E-state index in [2.05, 4.69) is 11.7 Å². The lowest BCUT2D eigenvalue weighted by atomic mass is 10.2. The summed E-state index contributed by atoms with van der Waals surface area (Å²) in [5.74, 6) is 0.642. The van der Waals surface area contributed by atoms with Crippen LogP contribution in [0.25, 0.3) is 0 Å². The quantitative estimate of drug-likeness (QED) is 0.433. The van der Waals surface area contributed by atoms with E-state index in [1.54, 1.807) is 6.92 Å². The predicted molar refractivity (Wildman–Crippen MR) is 40.1 cm³/mol. The number of hydrogen-bond donors (Lipinski definition) is 0. The van der Waals surface area contributed by atoms with E-state index >= 15 is 0 Å². The third kappa shape index (κ3) is 5.35. The third-order valence-electron chi connectivity index (χ3n) is 1.19. The van der Waals surface area contributed by atoms with Crippen LogP contribution < -0.4 is 0 Å². The van der Waals surface area contributed by atoms with Gasteiger partial charge in [-0.3, -0.25) is 0 Å². The van der Waals surface area contributed by atoms with Crippen molar-refractivity contribution in [2.75, 3.05) is 0 Å². The van der Waals surface area contributed by atoms with Crippen LogP contribution in [0, 0.1) is 0 Å². The van der Waals surface area contributed by atoms with Crippen LogP contribution in [0.4, 0.5) is 0 Å². The second-order valence-corrected chi connectivity index (χ2v) is 2.14. The van der Waals surface area contributed by atoms with E-state index < -0.39 is 0 Å². The molecule has 0 amide bonds. The molecule has 0 aromatic heterocycles. The zero-order valence-corrected chi connectivity index (χ0v) is 6.52. The minimum absolute atomic E-state index is 0.642. The van der Waals surface area contributed by atoms with Gasteiger partial charge >= 0.3 is 6.47 Å². The van der Waals surface area contributed by atoms with Crippen molar-refractivity contribution in [3.8, 4) is 0 Å². The van der Waals surface area contributed by atoms with Crippen LogP contribution in [0.15, 0.2) is 11.8 Å². The van der Waals surface area contributed by atoms with Crippen LogP contribution >= 0.6 is 0 Å². The highest BCUT2D eigenvalue weighted by atomic mass is 16.5. The Morgan fingerprint density at radius 2 is 2.40 bits per heavy atom. The van der Waals surface area contributed by atoms with Crippen molar-refractivity contribution in [2.24, 2.45) is 0 Å². The largest absolute Gasteiger partial charge is 0.423 e. The normalized spacial score (nSPS) is 11.2. The fourth-order valence-electron chi connectivity index (χ4n) is 0.617. The molecule has 0 aliphatic heterocycles. The summed E-state index contributed by atoms with van der Waals surface area (Å²) < 4.78 is 4.44. The first kappa shape index (κ1) is 9.21. The van der Waals surface area contributed by atoms with E-state index in [0.717, 1.165) is 19.3 Å². The van der Waals surface area contributed by atoms with Gasteiger partial charge in [0.1, 0.15) is 5.76 Å². The minimum Gasteiger partial charge on any atom is -0.423 e. The molecule has 2 heteroatoms. The van der Waals surface area contributed by atoms with Crippen molar-refractivity contribution < 1.29 is 9.53 Å². The van der Waals surface area contributed by atoms with Crippen LogP contribution in [-0.2, 0) is 9.53 Å². The molecule has 0 aromatic rings. The molecule has 0 aliphatic carbocycles. The Balaban J connectivity index is 3.37. The van der Waals surface area contributed by atoms with Crippen molar-refractivity contribution in [1.29, 1.82) is 0 Å². The Hall–Kier alpha value is -0.790. The number of unbranched alkanes of at least 4 members (excludes halogenated alkanes) is 2. The summed E-state index contributed by atoms with van der Waals surface area (Å²) in [6, 6.07) is 0. The van der Waals surface area contributed by atoms with Gasteiger partial charge < -0.3 is 4.74 Å². The maximum Gasteiger partial charge on any atom is 0.422 e. The van der Waals surface area contributed by atoms with Gasteiger partial charge in [0, 0.05) is 0 Å². The van der Waals surface area contributed by atoms with Crippen LogP contribution in [-0.4, -0.2) is 6.47 Å². The molecule has 0 saturated heterocycles. The monoisotopic (exact) mass is 141 g/mol. The molecule has 0 saturated carbocycles. The molecule has 0 N–H and O–H groups in total. The zero-order chi connectivity index (χ0) is 7.82. The van der Waals surface area contributed by atoms with Gasteiger partial charge in [0.05, 0.1) is 0 Å². The Morgan fingerprint density at radius 1 is 1.70 bits per heavy atom. The Morgan fingerprint density at radius 3 is 2.90 bits per heavy atom. The first-order valence-corrected chi connectivity index (χ1v) is 3.52. The molecule has 57 valence electrons. The molecule has 0 fully saturated rings. The summed E-state index contributed by atoms with van der Waals surface area (Å²) in [6.45, 7) is 5.25. The van der Waals surface area contributed by atoms with Gasteiger partial charge in [0.15, 0.2) is 0 Å². The first-order chi connectivity index (χ1) is 4.81. The van der Waals surface area contributed by atoms with Gasteiger partial charge in [0.2, 0.25) is 0 Å². The Labute approximate surface area is 61.9 Å². The summed E-state index contributed by atoms with van der Waals surface area (Å²) in [4.78, 5) is 9.66. The van der Waals surface area contributed by atoms with Crippen LogP contribution in [0.5, 0.6) is 0 Å². The molecule has 10 heavy (non-hydrogen) atoms. The lowest BCUT2D eigenvalue weighted by Gasteiger charge is -1.93. The number of hydrogen-bond acceptors (Lipinski definition) is 2. The fraction of sp³-hybridized carbons (Fsp3) is 0.625. The number of ether oxygens (including phenoxy) is 1. The van der Waals surface area contributed by atoms with Gasteiger partial charge in [-0.1, -0.05) is 13.3 Å². The van der Waals surface area contributed by atoms with E-state index in [4.69, 9.17) is 0 Å². The van der Waals surface area contributed by atoms with Gasteiger partial charge in [-0.2, -0.15) is 0 Å². The summed E-state index contributed by atoms with van der Waals surface area (Å²) in [7, 11) is 0. The molecule has 2 nitrogen and oxygen atoms in total. The van der Waals surface area contributed by atoms with E-state index in [1.807, 2.05) is 6.08 Å².